The summed E-state index contributed by atoms with van der Waals surface area (Å²) in [5, 5.41) is 0. The van der Waals surface area contributed by atoms with Crippen LogP contribution in [0.3, 0.4) is 0 Å². The maximum atomic E-state index is 12.7. The van der Waals surface area contributed by atoms with E-state index in [2.05, 4.69) is 13.8 Å². The van der Waals surface area contributed by atoms with Gasteiger partial charge in [-0.1, -0.05) is 26.0 Å². The molecule has 6 heteroatoms. The van der Waals surface area contributed by atoms with Gasteiger partial charge in [-0.2, -0.15) is 0 Å². The van der Waals surface area contributed by atoms with Gasteiger partial charge in [-0.25, -0.2) is 0 Å². The molecule has 2 rings (SSSR count). The summed E-state index contributed by atoms with van der Waals surface area (Å²) in [6.45, 7) is 1.20. The minimum absolute atomic E-state index is 0. The zero-order valence-electron chi connectivity index (χ0n) is 13.2. The first-order valence-electron chi connectivity index (χ1n) is 7.24. The molecule has 112 valence electrons. The van der Waals surface area contributed by atoms with Gasteiger partial charge in [0.2, 0.25) is 0 Å². The van der Waals surface area contributed by atoms with E-state index in [1.807, 2.05) is 0 Å². The molecule has 3 unspecified atom stereocenters. The number of benzene rings is 1. The Balaban J connectivity index is 0.00000220. The van der Waals surface area contributed by atoms with Gasteiger partial charge in [0.15, 0.2) is 0 Å². The van der Waals surface area contributed by atoms with Gasteiger partial charge in [-0.15, -0.1) is 5.46 Å². The van der Waals surface area contributed by atoms with Crippen molar-refractivity contribution in [1.29, 1.82) is 0 Å². The van der Waals surface area contributed by atoms with E-state index in [0.717, 1.165) is 25.3 Å². The molecule has 1 aromatic rings. The third-order valence-electron chi connectivity index (χ3n) is 4.42. The third-order valence-corrected chi connectivity index (χ3v) is 4.42. The van der Waals surface area contributed by atoms with Crippen molar-refractivity contribution >= 4 is 12.4 Å². The topological polar surface area (TPSA) is 9.23 Å². The van der Waals surface area contributed by atoms with Crippen molar-refractivity contribution < 1.29 is 69.1 Å². The number of halogens is 3. The van der Waals surface area contributed by atoms with Gasteiger partial charge in [0, 0.05) is 0 Å². The zero-order valence-corrected chi connectivity index (χ0v) is 16.3. The zero-order chi connectivity index (χ0) is 14.9. The summed E-state index contributed by atoms with van der Waals surface area (Å²) in [7, 11) is 0. The predicted molar refractivity (Wildman–Crippen MR) is 76.5 cm³/mol. The number of rotatable bonds is 3. The Kier molecular flexibility index (Phi) is 7.32. The average Bonchev–Trinajstić information content (AvgIpc) is 2.35. The van der Waals surface area contributed by atoms with Crippen molar-refractivity contribution in [2.24, 2.45) is 11.8 Å². The molecule has 1 aliphatic carbocycles. The van der Waals surface area contributed by atoms with Crippen molar-refractivity contribution in [3.8, 4) is 5.75 Å². The van der Waals surface area contributed by atoms with Crippen LogP contribution in [0.25, 0.3) is 0 Å². The van der Waals surface area contributed by atoms with Crippen LogP contribution in [-0.4, -0.2) is 13.1 Å². The first kappa shape index (κ1) is 19.6. The van der Waals surface area contributed by atoms with Crippen LogP contribution in [0.5, 0.6) is 5.75 Å². The van der Waals surface area contributed by atoms with Crippen LogP contribution in [0.4, 0.5) is 12.9 Å². The molecule has 1 aliphatic rings. The summed E-state index contributed by atoms with van der Waals surface area (Å²) in [5.74, 6) is 1.89. The van der Waals surface area contributed by atoms with E-state index in [-0.39, 0.29) is 57.5 Å². The molecule has 0 amide bonds. The number of ether oxygens (including phenoxy) is 1. The quantitative estimate of drug-likeness (QED) is 0.761. The van der Waals surface area contributed by atoms with Crippen LogP contribution in [0, 0.1) is 18.8 Å². The van der Waals surface area contributed by atoms with Crippen LogP contribution >= 0.6 is 0 Å². The van der Waals surface area contributed by atoms with Crippen molar-refractivity contribution in [2.75, 3.05) is 0 Å². The van der Waals surface area contributed by atoms with Crippen molar-refractivity contribution in [3.05, 3.63) is 23.8 Å². The van der Waals surface area contributed by atoms with E-state index in [0.29, 0.717) is 23.1 Å². The first-order valence-corrected chi connectivity index (χ1v) is 7.24. The third kappa shape index (κ3) is 5.27. The molecule has 3 atom stereocenters. The van der Waals surface area contributed by atoms with Crippen LogP contribution in [0.1, 0.15) is 38.7 Å². The molecule has 0 heterocycles. The van der Waals surface area contributed by atoms with E-state index in [1.165, 1.54) is 12.1 Å². The van der Waals surface area contributed by atoms with E-state index in [9.17, 15) is 12.9 Å². The molecule has 21 heavy (non-hydrogen) atoms. The fourth-order valence-electron chi connectivity index (χ4n) is 2.79. The van der Waals surface area contributed by atoms with E-state index in [4.69, 9.17) is 4.74 Å². The minimum atomic E-state index is -4.93. The fourth-order valence-corrected chi connectivity index (χ4v) is 2.79. The molecule has 0 aliphatic heterocycles. The molecule has 1 aromatic carbocycles. The summed E-state index contributed by atoms with van der Waals surface area (Å²) in [6, 6.07) is 3.77. The number of hydrogen-bond acceptors (Lipinski definition) is 1. The maximum Gasteiger partial charge on any atom is 1.00 e. The number of hydrogen-bond donors (Lipinski definition) is 0. The Morgan fingerprint density at radius 1 is 1.10 bits per heavy atom. The standard InChI is InChI=1S/C15H21BF3O.K/c1-10-4-6-14(9-11(10)2)20-15-7-5-13(8-12(15)3)16(17,18)19;/h5,7-8,10-11,14H,4,6,9H2,1-3H3;/q-1;+1. The second-order valence-electron chi connectivity index (χ2n) is 6.11. The molecule has 1 saturated carbocycles. The summed E-state index contributed by atoms with van der Waals surface area (Å²) in [4.78, 5) is 0. The summed E-state index contributed by atoms with van der Waals surface area (Å²) < 4.78 is 43.9. The van der Waals surface area contributed by atoms with E-state index in [1.54, 1.807) is 6.92 Å². The average molecular weight is 324 g/mol. The molecule has 0 N–H and O–H groups in total. The van der Waals surface area contributed by atoms with Crippen molar-refractivity contribution in [1.82, 2.24) is 0 Å². The Morgan fingerprint density at radius 3 is 2.29 bits per heavy atom. The van der Waals surface area contributed by atoms with Gasteiger partial charge in [0.1, 0.15) is 5.75 Å². The van der Waals surface area contributed by atoms with Gasteiger partial charge >= 0.3 is 58.4 Å². The molecule has 0 spiro atoms. The van der Waals surface area contributed by atoms with Gasteiger partial charge in [0.25, 0.3) is 0 Å². The second-order valence-corrected chi connectivity index (χ2v) is 6.11. The predicted octanol–water partition coefficient (Wildman–Crippen LogP) is 1.26. The molecule has 0 saturated heterocycles. The number of aryl methyl sites for hydroxylation is 1. The molecule has 0 bridgehead atoms. The van der Waals surface area contributed by atoms with Gasteiger partial charge in [0.05, 0.1) is 6.10 Å². The fraction of sp³-hybridized carbons (Fsp3) is 0.600. The molecule has 0 aromatic heterocycles. The van der Waals surface area contributed by atoms with Crippen LogP contribution < -0.4 is 61.6 Å². The first-order chi connectivity index (χ1) is 9.27. The van der Waals surface area contributed by atoms with Crippen molar-refractivity contribution in [3.63, 3.8) is 0 Å². The molecule has 0 radical (unpaired) electrons. The van der Waals surface area contributed by atoms with E-state index < -0.39 is 12.4 Å². The Morgan fingerprint density at radius 2 is 1.76 bits per heavy atom. The smallest absolute Gasteiger partial charge is 0.490 e. The Labute approximate surface area is 167 Å². The minimum Gasteiger partial charge on any atom is -0.490 e. The summed E-state index contributed by atoms with van der Waals surface area (Å²) in [6.07, 6.45) is 3.21. The molecule has 1 nitrogen and oxygen atoms in total. The monoisotopic (exact) mass is 324 g/mol. The van der Waals surface area contributed by atoms with Crippen LogP contribution in [0.15, 0.2) is 18.2 Å². The second kappa shape index (κ2) is 7.86. The van der Waals surface area contributed by atoms with Crippen molar-refractivity contribution in [2.45, 2.75) is 46.1 Å². The largest absolute Gasteiger partial charge is 1.00 e. The SMILES string of the molecule is Cc1cc([B-](F)(F)F)ccc1OC1CCC(C)C(C)C1.[K+]. The van der Waals surface area contributed by atoms with Crippen LogP contribution in [0.2, 0.25) is 0 Å². The normalized spacial score (nSPS) is 26.1. The van der Waals surface area contributed by atoms with E-state index >= 15 is 0 Å². The summed E-state index contributed by atoms with van der Waals surface area (Å²) >= 11 is 0. The molecular weight excluding hydrogens is 303 g/mol. The Bertz CT molecular complexity index is 478. The summed E-state index contributed by atoms with van der Waals surface area (Å²) in [5.41, 5.74) is 0.00783. The van der Waals surface area contributed by atoms with Crippen LogP contribution in [-0.2, 0) is 0 Å². The van der Waals surface area contributed by atoms with Gasteiger partial charge in [-0.3, -0.25) is 0 Å². The van der Waals surface area contributed by atoms with Gasteiger partial charge in [-0.05, 0) is 49.7 Å². The Hall–Kier alpha value is 0.511. The molecule has 1 fully saturated rings. The van der Waals surface area contributed by atoms with Gasteiger partial charge < -0.3 is 17.7 Å². The molecular formula is C15H21BF3KO. The maximum absolute atomic E-state index is 12.7.